The number of carbonyl (C=O) groups is 2. The highest BCUT2D eigenvalue weighted by Crippen LogP contribution is 2.20. The second-order valence-electron chi connectivity index (χ2n) is 5.25. The molecule has 0 bridgehead atoms. The Morgan fingerprint density at radius 1 is 1.14 bits per heavy atom. The Bertz CT molecular complexity index is 707. The van der Waals surface area contributed by atoms with Gasteiger partial charge in [0, 0.05) is 38.7 Å². The molecule has 0 atom stereocenters. The first kappa shape index (κ1) is 16.4. The number of carbonyl (C=O) groups excluding carboxylic acids is 2. The monoisotopic (exact) mass is 325 g/mol. The molecule has 1 saturated heterocycles. The highest BCUT2D eigenvalue weighted by Gasteiger charge is 2.29. The van der Waals surface area contributed by atoms with Crippen molar-refractivity contribution in [3.63, 3.8) is 0 Å². The maximum atomic E-state index is 12.6. The SMILES string of the molecule is CC(=O)N1CCN(S(=O)(=O)c2ccc(C)c(C(N)=O)c2)CC1. The molecule has 1 heterocycles. The Hall–Kier alpha value is -1.93. The van der Waals surface area contributed by atoms with E-state index in [0.717, 1.165) is 0 Å². The molecule has 1 fully saturated rings. The minimum atomic E-state index is -3.70. The van der Waals surface area contributed by atoms with E-state index in [0.29, 0.717) is 18.7 Å². The lowest BCUT2D eigenvalue weighted by Crippen LogP contribution is -2.49. The molecule has 2 N–H and O–H groups in total. The lowest BCUT2D eigenvalue weighted by molar-refractivity contribution is -0.129. The molecule has 1 aromatic rings. The summed E-state index contributed by atoms with van der Waals surface area (Å²) >= 11 is 0. The lowest BCUT2D eigenvalue weighted by Gasteiger charge is -2.33. The van der Waals surface area contributed by atoms with Gasteiger partial charge in [-0.15, -0.1) is 0 Å². The average Bonchev–Trinajstić information content (AvgIpc) is 2.47. The summed E-state index contributed by atoms with van der Waals surface area (Å²) in [6, 6.07) is 4.34. The summed E-state index contributed by atoms with van der Waals surface area (Å²) < 4.78 is 26.6. The average molecular weight is 325 g/mol. The van der Waals surface area contributed by atoms with Crippen LogP contribution in [0.3, 0.4) is 0 Å². The van der Waals surface area contributed by atoms with E-state index in [-0.39, 0.29) is 29.5 Å². The molecule has 0 saturated carbocycles. The van der Waals surface area contributed by atoms with Gasteiger partial charge in [0.15, 0.2) is 0 Å². The quantitative estimate of drug-likeness (QED) is 0.841. The van der Waals surface area contributed by atoms with Gasteiger partial charge in [-0.25, -0.2) is 8.42 Å². The minimum absolute atomic E-state index is 0.0446. The van der Waals surface area contributed by atoms with Gasteiger partial charge in [0.25, 0.3) is 0 Å². The van der Waals surface area contributed by atoms with Crippen LogP contribution in [-0.4, -0.2) is 55.6 Å². The Morgan fingerprint density at radius 3 is 2.23 bits per heavy atom. The smallest absolute Gasteiger partial charge is 0.249 e. The first-order chi connectivity index (χ1) is 10.2. The van der Waals surface area contributed by atoms with Crippen LogP contribution >= 0.6 is 0 Å². The van der Waals surface area contributed by atoms with Crippen molar-refractivity contribution < 1.29 is 18.0 Å². The summed E-state index contributed by atoms with van der Waals surface area (Å²) in [5.74, 6) is -0.723. The number of nitrogens with two attached hydrogens (primary N) is 1. The summed E-state index contributed by atoms with van der Waals surface area (Å²) in [7, 11) is -3.70. The molecular weight excluding hydrogens is 306 g/mol. The third-order valence-electron chi connectivity index (χ3n) is 3.80. The van der Waals surface area contributed by atoms with Gasteiger partial charge in [0.2, 0.25) is 21.8 Å². The van der Waals surface area contributed by atoms with Crippen molar-refractivity contribution in [1.29, 1.82) is 0 Å². The van der Waals surface area contributed by atoms with Gasteiger partial charge < -0.3 is 10.6 Å². The molecule has 7 nitrogen and oxygen atoms in total. The topological polar surface area (TPSA) is 101 Å². The number of rotatable bonds is 3. The Kier molecular flexibility index (Phi) is 4.52. The molecule has 1 aliphatic rings. The van der Waals surface area contributed by atoms with Crippen LogP contribution in [0.25, 0.3) is 0 Å². The van der Waals surface area contributed by atoms with Crippen LogP contribution in [-0.2, 0) is 14.8 Å². The van der Waals surface area contributed by atoms with E-state index >= 15 is 0 Å². The van der Waals surface area contributed by atoms with E-state index in [1.807, 2.05) is 0 Å². The fourth-order valence-corrected chi connectivity index (χ4v) is 3.87. The van der Waals surface area contributed by atoms with Gasteiger partial charge in [-0.2, -0.15) is 4.31 Å². The summed E-state index contributed by atoms with van der Waals surface area (Å²) in [5, 5.41) is 0. The van der Waals surface area contributed by atoms with Crippen LogP contribution < -0.4 is 5.73 Å². The fraction of sp³-hybridized carbons (Fsp3) is 0.429. The highest BCUT2D eigenvalue weighted by molar-refractivity contribution is 7.89. The molecule has 0 aliphatic carbocycles. The number of hydrogen-bond donors (Lipinski definition) is 1. The third kappa shape index (κ3) is 3.12. The first-order valence-electron chi connectivity index (χ1n) is 6.89. The second kappa shape index (κ2) is 6.05. The van der Waals surface area contributed by atoms with Gasteiger partial charge in [0.1, 0.15) is 0 Å². The van der Waals surface area contributed by atoms with Gasteiger partial charge >= 0.3 is 0 Å². The van der Waals surface area contributed by atoms with Crippen LogP contribution in [0.4, 0.5) is 0 Å². The largest absolute Gasteiger partial charge is 0.366 e. The predicted molar refractivity (Wildman–Crippen MR) is 80.7 cm³/mol. The number of primary amides is 1. The first-order valence-corrected chi connectivity index (χ1v) is 8.33. The van der Waals surface area contributed by atoms with Crippen LogP contribution in [0.5, 0.6) is 0 Å². The maximum Gasteiger partial charge on any atom is 0.249 e. The summed E-state index contributed by atoms with van der Waals surface area (Å²) in [4.78, 5) is 24.3. The number of hydrogen-bond acceptors (Lipinski definition) is 4. The molecule has 2 rings (SSSR count). The Morgan fingerprint density at radius 2 is 1.73 bits per heavy atom. The van der Waals surface area contributed by atoms with Crippen molar-refractivity contribution in [1.82, 2.24) is 9.21 Å². The predicted octanol–water partition coefficient (Wildman–Crippen LogP) is -0.0533. The van der Waals surface area contributed by atoms with Crippen molar-refractivity contribution in [3.8, 4) is 0 Å². The van der Waals surface area contributed by atoms with Crippen molar-refractivity contribution in [3.05, 3.63) is 29.3 Å². The van der Waals surface area contributed by atoms with Gasteiger partial charge in [-0.3, -0.25) is 9.59 Å². The summed E-state index contributed by atoms with van der Waals surface area (Å²) in [5.41, 5.74) is 6.10. The molecule has 0 radical (unpaired) electrons. The zero-order chi connectivity index (χ0) is 16.5. The summed E-state index contributed by atoms with van der Waals surface area (Å²) in [6.07, 6.45) is 0. The standard InChI is InChI=1S/C14H19N3O4S/c1-10-3-4-12(9-13(10)14(15)19)22(20,21)17-7-5-16(6-8-17)11(2)18/h3-4,9H,5-8H2,1-2H3,(H2,15,19). The molecule has 8 heteroatoms. The van der Waals surface area contributed by atoms with E-state index in [4.69, 9.17) is 5.73 Å². The van der Waals surface area contributed by atoms with E-state index in [1.54, 1.807) is 17.9 Å². The van der Waals surface area contributed by atoms with E-state index in [9.17, 15) is 18.0 Å². The van der Waals surface area contributed by atoms with Gasteiger partial charge in [0.05, 0.1) is 4.90 Å². The lowest BCUT2D eigenvalue weighted by atomic mass is 10.1. The molecule has 1 aromatic carbocycles. The molecule has 22 heavy (non-hydrogen) atoms. The van der Waals surface area contributed by atoms with E-state index in [2.05, 4.69) is 0 Å². The molecule has 0 aromatic heterocycles. The summed E-state index contributed by atoms with van der Waals surface area (Å²) in [6.45, 7) is 4.36. The molecular formula is C14H19N3O4S. The fourth-order valence-electron chi connectivity index (χ4n) is 2.42. The van der Waals surface area contributed by atoms with E-state index < -0.39 is 15.9 Å². The zero-order valence-electron chi connectivity index (χ0n) is 12.6. The van der Waals surface area contributed by atoms with Gasteiger partial charge in [-0.05, 0) is 24.6 Å². The van der Waals surface area contributed by atoms with Crippen LogP contribution in [0.15, 0.2) is 23.1 Å². The second-order valence-corrected chi connectivity index (χ2v) is 7.19. The molecule has 0 spiro atoms. The number of sulfonamides is 1. The minimum Gasteiger partial charge on any atom is -0.366 e. The van der Waals surface area contributed by atoms with Crippen LogP contribution in [0.1, 0.15) is 22.8 Å². The van der Waals surface area contributed by atoms with Crippen molar-refractivity contribution >= 4 is 21.8 Å². The number of piperazine rings is 1. The van der Waals surface area contributed by atoms with Crippen molar-refractivity contribution in [2.45, 2.75) is 18.7 Å². The van der Waals surface area contributed by atoms with Crippen molar-refractivity contribution in [2.24, 2.45) is 5.73 Å². The Labute approximate surface area is 129 Å². The molecule has 120 valence electrons. The normalized spacial score (nSPS) is 16.5. The van der Waals surface area contributed by atoms with Gasteiger partial charge in [-0.1, -0.05) is 6.07 Å². The molecule has 1 aliphatic heterocycles. The number of nitrogens with zero attached hydrogens (tertiary/aromatic N) is 2. The number of benzene rings is 1. The van der Waals surface area contributed by atoms with E-state index in [1.165, 1.54) is 23.4 Å². The third-order valence-corrected chi connectivity index (χ3v) is 5.69. The van der Waals surface area contributed by atoms with Crippen LogP contribution in [0, 0.1) is 6.92 Å². The zero-order valence-corrected chi connectivity index (χ0v) is 13.4. The maximum absolute atomic E-state index is 12.6. The highest BCUT2D eigenvalue weighted by atomic mass is 32.2. The van der Waals surface area contributed by atoms with Crippen molar-refractivity contribution in [2.75, 3.05) is 26.2 Å². The Balaban J connectivity index is 2.26. The molecule has 0 unspecified atom stereocenters. The molecule has 2 amide bonds. The number of aryl methyl sites for hydroxylation is 1. The van der Waals surface area contributed by atoms with Crippen LogP contribution in [0.2, 0.25) is 0 Å². The number of amides is 2.